The van der Waals surface area contributed by atoms with Gasteiger partial charge in [0.05, 0.1) is 6.20 Å². The predicted molar refractivity (Wildman–Crippen MR) is 98.7 cm³/mol. The van der Waals surface area contributed by atoms with Crippen molar-refractivity contribution in [1.29, 1.82) is 0 Å². The van der Waals surface area contributed by atoms with Crippen LogP contribution in [0.1, 0.15) is 43.2 Å². The minimum atomic E-state index is 0.517. The molecule has 0 unspecified atom stereocenters. The van der Waals surface area contributed by atoms with Gasteiger partial charge in [0.1, 0.15) is 0 Å². The van der Waals surface area contributed by atoms with Gasteiger partial charge in [0.25, 0.3) is 0 Å². The third-order valence-electron chi connectivity index (χ3n) is 4.32. The van der Waals surface area contributed by atoms with Gasteiger partial charge in [-0.1, -0.05) is 29.3 Å². The Morgan fingerprint density at radius 3 is 2.88 bits per heavy atom. The van der Waals surface area contributed by atoms with Crippen LogP contribution in [0, 0.1) is 13.8 Å². The number of allylic oxidation sites excluding steroid dienone is 1. The first-order valence-electron chi connectivity index (χ1n) is 8.66. The number of aromatic nitrogens is 3. The normalized spacial score (nSPS) is 14.2. The number of hydrogen-bond donors (Lipinski definition) is 2. The molecule has 2 N–H and O–H groups in total. The van der Waals surface area contributed by atoms with Gasteiger partial charge in [-0.2, -0.15) is 10.1 Å². The first kappa shape index (κ1) is 16.4. The van der Waals surface area contributed by atoms with Gasteiger partial charge in [0.15, 0.2) is 5.82 Å². The zero-order chi connectivity index (χ0) is 16.8. The van der Waals surface area contributed by atoms with Crippen molar-refractivity contribution in [1.82, 2.24) is 15.2 Å². The van der Waals surface area contributed by atoms with E-state index >= 15 is 0 Å². The Hall–Kier alpha value is -2.43. The lowest BCUT2D eigenvalue weighted by atomic mass is 9.97. The second-order valence-electron chi connectivity index (χ2n) is 6.39. The molecular formula is C19H25N5. The summed E-state index contributed by atoms with van der Waals surface area (Å²) < 4.78 is 0. The van der Waals surface area contributed by atoms with E-state index in [4.69, 9.17) is 0 Å². The molecule has 3 rings (SSSR count). The van der Waals surface area contributed by atoms with E-state index in [-0.39, 0.29) is 0 Å². The van der Waals surface area contributed by atoms with Gasteiger partial charge in [-0.3, -0.25) is 0 Å². The summed E-state index contributed by atoms with van der Waals surface area (Å²) in [6.07, 6.45) is 10.3. The largest absolute Gasteiger partial charge is 0.368 e. The highest BCUT2D eigenvalue weighted by atomic mass is 15.3. The van der Waals surface area contributed by atoms with E-state index in [1.165, 1.54) is 36.8 Å². The van der Waals surface area contributed by atoms with Crippen LogP contribution < -0.4 is 10.6 Å². The molecule has 126 valence electrons. The zero-order valence-corrected chi connectivity index (χ0v) is 14.5. The Morgan fingerprint density at radius 2 is 2.08 bits per heavy atom. The lowest BCUT2D eigenvalue weighted by Gasteiger charge is -2.13. The topological polar surface area (TPSA) is 62.7 Å². The number of rotatable bonds is 6. The minimum Gasteiger partial charge on any atom is -0.368 e. The molecule has 0 spiro atoms. The van der Waals surface area contributed by atoms with Crippen molar-refractivity contribution in [3.8, 4) is 0 Å². The second-order valence-corrected chi connectivity index (χ2v) is 6.39. The number of aryl methyl sites for hydroxylation is 2. The average Bonchev–Trinajstić information content (AvgIpc) is 2.59. The summed E-state index contributed by atoms with van der Waals surface area (Å²) >= 11 is 0. The van der Waals surface area contributed by atoms with Crippen LogP contribution in [0.25, 0.3) is 0 Å². The molecule has 0 atom stereocenters. The third-order valence-corrected chi connectivity index (χ3v) is 4.32. The van der Waals surface area contributed by atoms with Crippen LogP contribution in [0.5, 0.6) is 0 Å². The van der Waals surface area contributed by atoms with Crippen LogP contribution in [0.15, 0.2) is 36.0 Å². The van der Waals surface area contributed by atoms with Crippen LogP contribution in [-0.2, 0) is 0 Å². The lowest BCUT2D eigenvalue weighted by Crippen LogP contribution is -2.08. The molecule has 24 heavy (non-hydrogen) atoms. The van der Waals surface area contributed by atoms with Crippen molar-refractivity contribution in [2.45, 2.75) is 46.0 Å². The zero-order valence-electron chi connectivity index (χ0n) is 14.5. The van der Waals surface area contributed by atoms with Crippen LogP contribution >= 0.6 is 0 Å². The third kappa shape index (κ3) is 4.54. The van der Waals surface area contributed by atoms with Crippen LogP contribution in [0.4, 0.5) is 17.5 Å². The van der Waals surface area contributed by atoms with E-state index in [0.717, 1.165) is 24.5 Å². The van der Waals surface area contributed by atoms with E-state index in [1.54, 1.807) is 11.8 Å². The number of hydrogen-bond acceptors (Lipinski definition) is 5. The molecule has 0 fully saturated rings. The molecule has 0 bridgehead atoms. The number of benzene rings is 1. The molecule has 1 heterocycles. The first-order valence-corrected chi connectivity index (χ1v) is 8.66. The number of anilines is 3. The summed E-state index contributed by atoms with van der Waals surface area (Å²) in [5.41, 5.74) is 4.97. The molecule has 0 amide bonds. The predicted octanol–water partition coefficient (Wildman–Crippen LogP) is 4.53. The van der Waals surface area contributed by atoms with Gasteiger partial charge in [-0.05, 0) is 57.6 Å². The number of nitrogens with zero attached hydrogens (tertiary/aromatic N) is 3. The van der Waals surface area contributed by atoms with Gasteiger partial charge in [-0.25, -0.2) is 0 Å². The molecule has 5 nitrogen and oxygen atoms in total. The minimum absolute atomic E-state index is 0.517. The highest BCUT2D eigenvalue weighted by Gasteiger charge is 2.06. The molecule has 0 saturated heterocycles. The summed E-state index contributed by atoms with van der Waals surface area (Å²) in [5.74, 6) is 1.28. The molecule has 0 radical (unpaired) electrons. The molecule has 0 saturated carbocycles. The molecule has 2 aromatic rings. The maximum absolute atomic E-state index is 4.50. The van der Waals surface area contributed by atoms with Crippen LogP contribution in [0.3, 0.4) is 0 Å². The van der Waals surface area contributed by atoms with Crippen molar-refractivity contribution >= 4 is 17.5 Å². The van der Waals surface area contributed by atoms with Gasteiger partial charge >= 0.3 is 0 Å². The summed E-state index contributed by atoms with van der Waals surface area (Å²) in [6, 6.07) is 6.25. The molecule has 0 aliphatic heterocycles. The van der Waals surface area contributed by atoms with E-state index < -0.39 is 0 Å². The second kappa shape index (κ2) is 7.90. The summed E-state index contributed by atoms with van der Waals surface area (Å²) in [7, 11) is 0. The maximum Gasteiger partial charge on any atom is 0.249 e. The fourth-order valence-corrected chi connectivity index (χ4v) is 3.00. The van der Waals surface area contributed by atoms with Crippen LogP contribution in [0.2, 0.25) is 0 Å². The van der Waals surface area contributed by atoms with Crippen LogP contribution in [-0.4, -0.2) is 21.7 Å². The van der Waals surface area contributed by atoms with Gasteiger partial charge in [-0.15, -0.1) is 5.10 Å². The maximum atomic E-state index is 4.50. The molecular weight excluding hydrogens is 298 g/mol. The van der Waals surface area contributed by atoms with Gasteiger partial charge < -0.3 is 10.6 Å². The van der Waals surface area contributed by atoms with E-state index in [0.29, 0.717) is 5.95 Å². The van der Waals surface area contributed by atoms with Crippen molar-refractivity contribution in [3.63, 3.8) is 0 Å². The summed E-state index contributed by atoms with van der Waals surface area (Å²) in [4.78, 5) is 4.50. The Bertz CT molecular complexity index is 723. The smallest absolute Gasteiger partial charge is 0.249 e. The Balaban J connectivity index is 1.58. The number of nitrogens with one attached hydrogen (secondary N) is 2. The summed E-state index contributed by atoms with van der Waals surface area (Å²) in [6.45, 7) is 5.04. The van der Waals surface area contributed by atoms with E-state index in [2.05, 4.69) is 57.9 Å². The highest BCUT2D eigenvalue weighted by Crippen LogP contribution is 2.21. The van der Waals surface area contributed by atoms with E-state index in [9.17, 15) is 0 Å². The average molecular weight is 323 g/mol. The van der Waals surface area contributed by atoms with Crippen molar-refractivity contribution in [3.05, 3.63) is 47.2 Å². The molecule has 1 aliphatic carbocycles. The standard InChI is InChI=1S/C19H25N5/c1-14-8-9-17(15(2)12-14)22-19-23-18(13-21-24-19)20-11-10-16-6-4-3-5-7-16/h6,8-9,12-13H,3-5,7,10-11H2,1-2H3,(H2,20,22,23,24). The molecule has 1 aromatic carbocycles. The molecule has 5 heteroatoms. The molecule has 1 aliphatic rings. The van der Waals surface area contributed by atoms with E-state index in [1.807, 2.05) is 6.07 Å². The highest BCUT2D eigenvalue weighted by molar-refractivity contribution is 5.59. The first-order chi connectivity index (χ1) is 11.7. The summed E-state index contributed by atoms with van der Waals surface area (Å²) in [5, 5.41) is 14.7. The quantitative estimate of drug-likeness (QED) is 0.764. The Morgan fingerprint density at radius 1 is 1.17 bits per heavy atom. The van der Waals surface area contributed by atoms with Crippen molar-refractivity contribution in [2.75, 3.05) is 17.2 Å². The molecule has 1 aromatic heterocycles. The van der Waals surface area contributed by atoms with Gasteiger partial charge in [0.2, 0.25) is 5.95 Å². The fraction of sp³-hybridized carbons (Fsp3) is 0.421. The fourth-order valence-electron chi connectivity index (χ4n) is 3.00. The van der Waals surface area contributed by atoms with Crippen molar-refractivity contribution < 1.29 is 0 Å². The van der Waals surface area contributed by atoms with Gasteiger partial charge in [0, 0.05) is 12.2 Å². The monoisotopic (exact) mass is 323 g/mol. The Labute approximate surface area is 143 Å². The SMILES string of the molecule is Cc1ccc(Nc2nncc(NCCC3=CCCCC3)n2)c(C)c1. The lowest BCUT2D eigenvalue weighted by molar-refractivity contribution is 0.679. The Kier molecular flexibility index (Phi) is 5.41. The van der Waals surface area contributed by atoms with Crippen molar-refractivity contribution in [2.24, 2.45) is 0 Å².